The van der Waals surface area contributed by atoms with Crippen molar-refractivity contribution in [3.63, 3.8) is 0 Å². The Kier molecular flexibility index (Phi) is 6.60. The van der Waals surface area contributed by atoms with Gasteiger partial charge in [0.05, 0.1) is 13.7 Å². The second-order valence-corrected chi connectivity index (χ2v) is 4.03. The number of hydrogen-bond donors (Lipinski definition) is 1. The van der Waals surface area contributed by atoms with Crippen molar-refractivity contribution in [2.75, 3.05) is 13.7 Å². The van der Waals surface area contributed by atoms with E-state index >= 15 is 0 Å². The second-order valence-electron chi connectivity index (χ2n) is 4.03. The minimum absolute atomic E-state index is 0.0810. The SMILES string of the molecule is CC[C@@H](NC(=O)COCc1ccccc1)C(=O)OC. The van der Waals surface area contributed by atoms with Gasteiger partial charge in [-0.1, -0.05) is 37.3 Å². The normalized spacial score (nSPS) is 11.7. The van der Waals surface area contributed by atoms with E-state index in [9.17, 15) is 9.59 Å². The van der Waals surface area contributed by atoms with Crippen LogP contribution in [0.25, 0.3) is 0 Å². The molecule has 104 valence electrons. The molecule has 5 heteroatoms. The Morgan fingerprint density at radius 1 is 1.26 bits per heavy atom. The Hall–Kier alpha value is -1.88. The third kappa shape index (κ3) is 5.52. The highest BCUT2D eigenvalue weighted by Crippen LogP contribution is 2.00. The molecule has 1 aromatic carbocycles. The van der Waals surface area contributed by atoms with Gasteiger partial charge in [0, 0.05) is 0 Å². The average molecular weight is 265 g/mol. The van der Waals surface area contributed by atoms with Crippen molar-refractivity contribution in [1.29, 1.82) is 0 Å². The van der Waals surface area contributed by atoms with Crippen molar-refractivity contribution in [3.05, 3.63) is 35.9 Å². The van der Waals surface area contributed by atoms with E-state index in [0.29, 0.717) is 13.0 Å². The fourth-order valence-corrected chi connectivity index (χ4v) is 1.54. The first-order chi connectivity index (χ1) is 9.17. The lowest BCUT2D eigenvalue weighted by Crippen LogP contribution is -2.42. The summed E-state index contributed by atoms with van der Waals surface area (Å²) in [6.45, 7) is 2.08. The molecule has 19 heavy (non-hydrogen) atoms. The predicted molar refractivity (Wildman–Crippen MR) is 70.3 cm³/mol. The molecule has 5 nitrogen and oxygen atoms in total. The third-order valence-corrected chi connectivity index (χ3v) is 2.57. The lowest BCUT2D eigenvalue weighted by molar-refractivity contribution is -0.145. The molecule has 0 fully saturated rings. The first kappa shape index (κ1) is 15.2. The molecule has 1 rings (SSSR count). The number of hydrogen-bond acceptors (Lipinski definition) is 4. The molecule has 1 aromatic rings. The first-order valence-corrected chi connectivity index (χ1v) is 6.16. The maximum atomic E-state index is 11.6. The highest BCUT2D eigenvalue weighted by molar-refractivity contribution is 5.84. The van der Waals surface area contributed by atoms with Crippen LogP contribution in [0.1, 0.15) is 18.9 Å². The molecule has 0 unspecified atom stereocenters. The number of benzene rings is 1. The van der Waals surface area contributed by atoms with Gasteiger partial charge in [-0.15, -0.1) is 0 Å². The van der Waals surface area contributed by atoms with Gasteiger partial charge >= 0.3 is 5.97 Å². The summed E-state index contributed by atoms with van der Waals surface area (Å²) in [6, 6.07) is 8.95. The van der Waals surface area contributed by atoms with Gasteiger partial charge in [-0.2, -0.15) is 0 Å². The molecule has 0 spiro atoms. The Bertz CT molecular complexity index is 405. The summed E-state index contributed by atoms with van der Waals surface area (Å²) < 4.78 is 9.86. The molecule has 1 N–H and O–H groups in total. The summed E-state index contributed by atoms with van der Waals surface area (Å²) in [7, 11) is 1.29. The number of rotatable bonds is 7. The predicted octanol–water partition coefficient (Wildman–Crippen LogP) is 1.27. The molecular weight excluding hydrogens is 246 g/mol. The van der Waals surface area contributed by atoms with Crippen LogP contribution in [0.2, 0.25) is 0 Å². The van der Waals surface area contributed by atoms with E-state index in [1.165, 1.54) is 7.11 Å². The van der Waals surface area contributed by atoms with Crippen LogP contribution in [0.15, 0.2) is 30.3 Å². The van der Waals surface area contributed by atoms with Gasteiger partial charge in [0.2, 0.25) is 5.91 Å². The molecule has 0 aliphatic heterocycles. The maximum Gasteiger partial charge on any atom is 0.328 e. The third-order valence-electron chi connectivity index (χ3n) is 2.57. The molecule has 0 aliphatic rings. The van der Waals surface area contributed by atoms with E-state index in [4.69, 9.17) is 4.74 Å². The number of amides is 1. The quantitative estimate of drug-likeness (QED) is 0.754. The standard InChI is InChI=1S/C14H19NO4/c1-3-12(14(17)18-2)15-13(16)10-19-9-11-7-5-4-6-8-11/h4-8,12H,3,9-10H2,1-2H3,(H,15,16)/t12-/m1/s1. The molecule has 0 saturated carbocycles. The van der Waals surface area contributed by atoms with Crippen LogP contribution in [0.5, 0.6) is 0 Å². The Morgan fingerprint density at radius 2 is 1.95 bits per heavy atom. The molecule has 1 atom stereocenters. The molecule has 0 radical (unpaired) electrons. The lowest BCUT2D eigenvalue weighted by Gasteiger charge is -2.14. The van der Waals surface area contributed by atoms with Crippen molar-refractivity contribution < 1.29 is 19.1 Å². The molecule has 0 aliphatic carbocycles. The smallest absolute Gasteiger partial charge is 0.328 e. The molecular formula is C14H19NO4. The van der Waals surface area contributed by atoms with Gasteiger partial charge < -0.3 is 14.8 Å². The van der Waals surface area contributed by atoms with Crippen LogP contribution in [0, 0.1) is 0 Å². The number of carbonyl (C=O) groups excluding carboxylic acids is 2. The van der Waals surface area contributed by atoms with Crippen molar-refractivity contribution in [3.8, 4) is 0 Å². The van der Waals surface area contributed by atoms with Crippen LogP contribution >= 0.6 is 0 Å². The minimum atomic E-state index is -0.613. The summed E-state index contributed by atoms with van der Waals surface area (Å²) in [6.07, 6.45) is 0.483. The highest BCUT2D eigenvalue weighted by atomic mass is 16.5. The largest absolute Gasteiger partial charge is 0.467 e. The number of carbonyl (C=O) groups is 2. The Morgan fingerprint density at radius 3 is 2.53 bits per heavy atom. The number of nitrogens with one attached hydrogen (secondary N) is 1. The zero-order valence-corrected chi connectivity index (χ0v) is 11.2. The number of methoxy groups -OCH3 is 1. The minimum Gasteiger partial charge on any atom is -0.467 e. The van der Waals surface area contributed by atoms with Gasteiger partial charge in [-0.25, -0.2) is 4.79 Å². The van der Waals surface area contributed by atoms with Crippen molar-refractivity contribution in [2.24, 2.45) is 0 Å². The average Bonchev–Trinajstić information content (AvgIpc) is 2.45. The Labute approximate surface area is 112 Å². The first-order valence-electron chi connectivity index (χ1n) is 6.16. The fourth-order valence-electron chi connectivity index (χ4n) is 1.54. The monoisotopic (exact) mass is 265 g/mol. The molecule has 0 saturated heterocycles. The van der Waals surface area contributed by atoms with Gasteiger partial charge in [0.1, 0.15) is 12.6 Å². The van der Waals surface area contributed by atoms with E-state index in [1.54, 1.807) is 6.92 Å². The maximum absolute atomic E-state index is 11.6. The van der Waals surface area contributed by atoms with E-state index in [0.717, 1.165) is 5.56 Å². The van der Waals surface area contributed by atoms with E-state index < -0.39 is 12.0 Å². The highest BCUT2D eigenvalue weighted by Gasteiger charge is 2.18. The zero-order valence-electron chi connectivity index (χ0n) is 11.2. The van der Waals surface area contributed by atoms with Crippen LogP contribution in [-0.2, 0) is 25.7 Å². The number of esters is 1. The van der Waals surface area contributed by atoms with Crippen LogP contribution in [0.3, 0.4) is 0 Å². The van der Waals surface area contributed by atoms with Crippen LogP contribution in [-0.4, -0.2) is 31.6 Å². The lowest BCUT2D eigenvalue weighted by atomic mass is 10.2. The van der Waals surface area contributed by atoms with Gasteiger partial charge in [0.15, 0.2) is 0 Å². The summed E-state index contributed by atoms with van der Waals surface area (Å²) >= 11 is 0. The van der Waals surface area contributed by atoms with Gasteiger partial charge in [-0.05, 0) is 12.0 Å². The summed E-state index contributed by atoms with van der Waals surface area (Å²) in [5.41, 5.74) is 0.996. The van der Waals surface area contributed by atoms with E-state index in [1.807, 2.05) is 30.3 Å². The van der Waals surface area contributed by atoms with Crippen molar-refractivity contribution in [1.82, 2.24) is 5.32 Å². The Balaban J connectivity index is 2.29. The van der Waals surface area contributed by atoms with Crippen molar-refractivity contribution >= 4 is 11.9 Å². The van der Waals surface area contributed by atoms with Crippen molar-refractivity contribution in [2.45, 2.75) is 26.0 Å². The van der Waals surface area contributed by atoms with Gasteiger partial charge in [0.25, 0.3) is 0 Å². The number of ether oxygens (including phenoxy) is 2. The summed E-state index contributed by atoms with van der Waals surface area (Å²) in [5, 5.41) is 2.57. The van der Waals surface area contributed by atoms with E-state index in [2.05, 4.69) is 10.1 Å². The second kappa shape index (κ2) is 8.26. The zero-order chi connectivity index (χ0) is 14.1. The van der Waals surface area contributed by atoms with E-state index in [-0.39, 0.29) is 12.5 Å². The van der Waals surface area contributed by atoms with Crippen LogP contribution < -0.4 is 5.32 Å². The molecule has 0 bridgehead atoms. The topological polar surface area (TPSA) is 64.6 Å². The van der Waals surface area contributed by atoms with Crippen LogP contribution in [0.4, 0.5) is 0 Å². The molecule has 0 aromatic heterocycles. The molecule has 0 heterocycles. The molecule has 1 amide bonds. The summed E-state index contributed by atoms with van der Waals surface area (Å²) in [5.74, 6) is -0.771. The van der Waals surface area contributed by atoms with Gasteiger partial charge in [-0.3, -0.25) is 4.79 Å². The fraction of sp³-hybridized carbons (Fsp3) is 0.429. The summed E-state index contributed by atoms with van der Waals surface area (Å²) in [4.78, 5) is 22.9.